The molecule has 0 aromatic carbocycles. The normalized spacial score (nSPS) is 26.9. The first-order chi connectivity index (χ1) is 9.26. The van der Waals surface area contributed by atoms with Gasteiger partial charge in [-0.2, -0.15) is 10.5 Å². The third-order valence-electron chi connectivity index (χ3n) is 4.23. The fourth-order valence-corrected chi connectivity index (χ4v) is 3.00. The van der Waals surface area contributed by atoms with Gasteiger partial charge >= 0.3 is 0 Å². The first-order valence-electron chi connectivity index (χ1n) is 7.26. The summed E-state index contributed by atoms with van der Waals surface area (Å²) in [4.78, 5) is 2.29. The van der Waals surface area contributed by atoms with Crippen LogP contribution < -0.4 is 0 Å². The van der Waals surface area contributed by atoms with E-state index in [1.807, 2.05) is 0 Å². The highest BCUT2D eigenvalue weighted by molar-refractivity contribution is 4.98. The summed E-state index contributed by atoms with van der Waals surface area (Å²) in [6, 6.07) is 4.97. The fraction of sp³-hybridized carbons (Fsp3) is 0.867. The molecule has 4 heteroatoms. The van der Waals surface area contributed by atoms with Crippen LogP contribution in [-0.2, 0) is 4.74 Å². The molecule has 0 heterocycles. The van der Waals surface area contributed by atoms with E-state index in [9.17, 15) is 5.26 Å². The molecule has 0 aliphatic heterocycles. The average Bonchev–Trinajstić information content (AvgIpc) is 2.47. The van der Waals surface area contributed by atoms with Gasteiger partial charge in [0.2, 0.25) is 0 Å². The van der Waals surface area contributed by atoms with Crippen LogP contribution in [0, 0.1) is 34.5 Å². The SMILES string of the molecule is CCC1CCC(C#N)C(N(CCC#N)CCOC)C1. The Morgan fingerprint density at radius 1 is 1.26 bits per heavy atom. The fourth-order valence-electron chi connectivity index (χ4n) is 3.00. The van der Waals surface area contributed by atoms with Crippen molar-refractivity contribution in [2.45, 2.75) is 45.1 Å². The Labute approximate surface area is 117 Å². The Bertz CT molecular complexity index is 331. The third kappa shape index (κ3) is 4.82. The molecule has 3 atom stereocenters. The number of hydrogen-bond acceptors (Lipinski definition) is 4. The van der Waals surface area contributed by atoms with Crippen LogP contribution in [0.4, 0.5) is 0 Å². The van der Waals surface area contributed by atoms with Crippen molar-refractivity contribution in [3.05, 3.63) is 0 Å². The maximum Gasteiger partial charge on any atom is 0.0672 e. The molecule has 0 bridgehead atoms. The second kappa shape index (κ2) is 8.91. The van der Waals surface area contributed by atoms with Gasteiger partial charge in [-0.1, -0.05) is 13.3 Å². The van der Waals surface area contributed by atoms with Crippen LogP contribution in [0.3, 0.4) is 0 Å². The largest absolute Gasteiger partial charge is 0.383 e. The van der Waals surface area contributed by atoms with Gasteiger partial charge < -0.3 is 4.74 Å². The first kappa shape index (κ1) is 16.0. The van der Waals surface area contributed by atoms with E-state index in [2.05, 4.69) is 24.0 Å². The van der Waals surface area contributed by atoms with E-state index in [0.29, 0.717) is 19.1 Å². The zero-order chi connectivity index (χ0) is 14.1. The van der Waals surface area contributed by atoms with Crippen molar-refractivity contribution in [3.63, 3.8) is 0 Å². The van der Waals surface area contributed by atoms with Crippen LogP contribution in [-0.4, -0.2) is 37.7 Å². The Kier molecular flexibility index (Phi) is 7.48. The summed E-state index contributed by atoms with van der Waals surface area (Å²) in [5, 5.41) is 18.1. The molecule has 106 valence electrons. The highest BCUT2D eigenvalue weighted by atomic mass is 16.5. The predicted octanol–water partition coefficient (Wildman–Crippen LogP) is 2.57. The minimum absolute atomic E-state index is 0.110. The van der Waals surface area contributed by atoms with Crippen LogP contribution in [0.1, 0.15) is 39.0 Å². The van der Waals surface area contributed by atoms with E-state index in [0.717, 1.165) is 31.8 Å². The molecule has 0 radical (unpaired) electrons. The maximum atomic E-state index is 9.35. The van der Waals surface area contributed by atoms with Crippen molar-refractivity contribution >= 4 is 0 Å². The summed E-state index contributed by atoms with van der Waals surface area (Å²) in [6.45, 7) is 4.46. The molecule has 1 rings (SSSR count). The van der Waals surface area contributed by atoms with Gasteiger partial charge in [-0.3, -0.25) is 4.90 Å². The quantitative estimate of drug-likeness (QED) is 0.708. The molecule has 19 heavy (non-hydrogen) atoms. The lowest BCUT2D eigenvalue weighted by Gasteiger charge is -2.39. The summed E-state index contributed by atoms with van der Waals surface area (Å²) in [7, 11) is 1.69. The molecule has 1 aliphatic rings. The molecule has 4 nitrogen and oxygen atoms in total. The minimum atomic E-state index is 0.110. The van der Waals surface area contributed by atoms with Gasteiger partial charge in [-0.15, -0.1) is 0 Å². The number of ether oxygens (including phenoxy) is 1. The van der Waals surface area contributed by atoms with Crippen molar-refractivity contribution in [2.24, 2.45) is 11.8 Å². The molecule has 3 unspecified atom stereocenters. The number of rotatable bonds is 7. The summed E-state index contributed by atoms with van der Waals surface area (Å²) in [5.74, 6) is 0.833. The molecule has 0 spiro atoms. The maximum absolute atomic E-state index is 9.35. The van der Waals surface area contributed by atoms with Crippen LogP contribution in [0.5, 0.6) is 0 Å². The third-order valence-corrected chi connectivity index (χ3v) is 4.23. The van der Waals surface area contributed by atoms with Crippen LogP contribution in [0.15, 0.2) is 0 Å². The van der Waals surface area contributed by atoms with Crippen LogP contribution in [0.25, 0.3) is 0 Å². The standard InChI is InChI=1S/C15H25N3O/c1-3-13-5-6-14(12-17)15(11-13)18(8-4-7-16)9-10-19-2/h13-15H,3-6,8-11H2,1-2H3. The molecule has 0 aromatic heterocycles. The predicted molar refractivity (Wildman–Crippen MR) is 74.2 cm³/mol. The van der Waals surface area contributed by atoms with Crippen molar-refractivity contribution < 1.29 is 4.74 Å². The average molecular weight is 263 g/mol. The highest BCUT2D eigenvalue weighted by Gasteiger charge is 2.33. The minimum Gasteiger partial charge on any atom is -0.383 e. The van der Waals surface area contributed by atoms with Gasteiger partial charge in [0.15, 0.2) is 0 Å². The number of methoxy groups -OCH3 is 1. The smallest absolute Gasteiger partial charge is 0.0672 e. The molecule has 0 N–H and O–H groups in total. The molecule has 0 saturated heterocycles. The lowest BCUT2D eigenvalue weighted by atomic mass is 9.77. The lowest BCUT2D eigenvalue weighted by molar-refractivity contribution is 0.0709. The van der Waals surface area contributed by atoms with Crippen molar-refractivity contribution in [2.75, 3.05) is 26.8 Å². The topological polar surface area (TPSA) is 60.0 Å². The summed E-state index contributed by atoms with van der Waals surface area (Å²) >= 11 is 0. The van der Waals surface area contributed by atoms with Gasteiger partial charge in [0.25, 0.3) is 0 Å². The number of hydrogen-bond donors (Lipinski definition) is 0. The van der Waals surface area contributed by atoms with Gasteiger partial charge in [0, 0.05) is 32.7 Å². The summed E-state index contributed by atoms with van der Waals surface area (Å²) in [5.41, 5.74) is 0. The zero-order valence-corrected chi connectivity index (χ0v) is 12.1. The van der Waals surface area contributed by atoms with E-state index in [1.54, 1.807) is 7.11 Å². The van der Waals surface area contributed by atoms with Gasteiger partial charge in [0.05, 0.1) is 24.7 Å². The van der Waals surface area contributed by atoms with Crippen molar-refractivity contribution in [3.8, 4) is 12.1 Å². The lowest BCUT2D eigenvalue weighted by Crippen LogP contribution is -2.45. The van der Waals surface area contributed by atoms with Crippen LogP contribution in [0.2, 0.25) is 0 Å². The Morgan fingerprint density at radius 3 is 2.63 bits per heavy atom. The molecule has 1 saturated carbocycles. The second-order valence-corrected chi connectivity index (χ2v) is 5.33. The van der Waals surface area contributed by atoms with Crippen molar-refractivity contribution in [1.29, 1.82) is 10.5 Å². The van der Waals surface area contributed by atoms with E-state index in [1.165, 1.54) is 12.8 Å². The van der Waals surface area contributed by atoms with E-state index in [4.69, 9.17) is 10.00 Å². The zero-order valence-electron chi connectivity index (χ0n) is 12.1. The Morgan fingerprint density at radius 2 is 2.05 bits per heavy atom. The van der Waals surface area contributed by atoms with E-state index in [-0.39, 0.29) is 5.92 Å². The summed E-state index contributed by atoms with van der Waals surface area (Å²) in [6.07, 6.45) is 4.96. The molecule has 0 amide bonds. The van der Waals surface area contributed by atoms with Gasteiger partial charge in [-0.25, -0.2) is 0 Å². The number of nitrogens with zero attached hydrogens (tertiary/aromatic N) is 3. The van der Waals surface area contributed by atoms with Crippen molar-refractivity contribution in [1.82, 2.24) is 4.90 Å². The molecular formula is C15H25N3O. The monoisotopic (exact) mass is 263 g/mol. The Balaban J connectivity index is 2.70. The summed E-state index contributed by atoms with van der Waals surface area (Å²) < 4.78 is 5.16. The molecule has 0 aromatic rings. The van der Waals surface area contributed by atoms with Crippen LogP contribution >= 0.6 is 0 Å². The van der Waals surface area contributed by atoms with Gasteiger partial charge in [0.1, 0.15) is 0 Å². The molecule has 1 aliphatic carbocycles. The molecule has 1 fully saturated rings. The molecular weight excluding hydrogens is 238 g/mol. The second-order valence-electron chi connectivity index (χ2n) is 5.33. The van der Waals surface area contributed by atoms with E-state index >= 15 is 0 Å². The van der Waals surface area contributed by atoms with E-state index < -0.39 is 0 Å². The first-order valence-corrected chi connectivity index (χ1v) is 7.26. The highest BCUT2D eigenvalue weighted by Crippen LogP contribution is 2.33. The Hall–Kier alpha value is -1.10. The van der Waals surface area contributed by atoms with Gasteiger partial charge in [-0.05, 0) is 25.2 Å². The number of nitriles is 2.